The molecular formula is C21H26N4O5S. The van der Waals surface area contributed by atoms with Gasteiger partial charge in [-0.25, -0.2) is 8.42 Å². The first kappa shape index (κ1) is 22.7. The Hall–Kier alpha value is -2.98. The highest BCUT2D eigenvalue weighted by Crippen LogP contribution is 2.32. The van der Waals surface area contributed by atoms with Gasteiger partial charge in [0.15, 0.2) is 0 Å². The smallest absolute Gasteiger partial charge is 0.293 e. The third-order valence-electron chi connectivity index (χ3n) is 5.31. The number of amides is 1. The Bertz CT molecular complexity index is 1110. The summed E-state index contributed by atoms with van der Waals surface area (Å²) in [7, 11) is -2.22. The van der Waals surface area contributed by atoms with E-state index in [1.807, 2.05) is 32.0 Å². The molecule has 1 saturated heterocycles. The van der Waals surface area contributed by atoms with Crippen molar-refractivity contribution in [3.05, 3.63) is 57.6 Å². The summed E-state index contributed by atoms with van der Waals surface area (Å²) in [6.07, 6.45) is 1.55. The minimum Gasteiger partial charge on any atom is -0.360 e. The molecule has 0 spiro atoms. The van der Waals surface area contributed by atoms with Crippen LogP contribution in [0.3, 0.4) is 0 Å². The summed E-state index contributed by atoms with van der Waals surface area (Å²) in [4.78, 5) is 24.9. The van der Waals surface area contributed by atoms with E-state index in [0.717, 1.165) is 30.0 Å². The Morgan fingerprint density at radius 3 is 2.48 bits per heavy atom. The van der Waals surface area contributed by atoms with Gasteiger partial charge in [-0.2, -0.15) is 4.31 Å². The molecule has 0 atom stereocenters. The summed E-state index contributed by atoms with van der Waals surface area (Å²) in [5, 5.41) is 14.5. The number of nitro benzene ring substituents is 1. The van der Waals surface area contributed by atoms with Gasteiger partial charge in [0.2, 0.25) is 15.9 Å². The number of rotatable bonds is 7. The average Bonchev–Trinajstić information content (AvgIpc) is 3.26. The number of carbonyl (C=O) groups excluding carboxylic acids is 1. The van der Waals surface area contributed by atoms with Gasteiger partial charge in [0.05, 0.1) is 16.4 Å². The summed E-state index contributed by atoms with van der Waals surface area (Å²) in [6.45, 7) is 4.49. The number of likely N-dealkylation sites (N-methyl/N-ethyl adjacent to an activating group) is 1. The van der Waals surface area contributed by atoms with E-state index in [1.54, 1.807) is 7.05 Å². The Morgan fingerprint density at radius 2 is 1.84 bits per heavy atom. The number of benzene rings is 2. The van der Waals surface area contributed by atoms with Crippen LogP contribution in [0.1, 0.15) is 24.0 Å². The molecule has 1 aliphatic rings. The van der Waals surface area contributed by atoms with Crippen LogP contribution in [0.2, 0.25) is 0 Å². The van der Waals surface area contributed by atoms with Crippen molar-refractivity contribution >= 4 is 33.0 Å². The first-order valence-electron chi connectivity index (χ1n) is 9.96. The lowest BCUT2D eigenvalue weighted by atomic mass is 10.1. The minimum atomic E-state index is -3.78. The molecule has 1 fully saturated rings. The van der Waals surface area contributed by atoms with Crippen molar-refractivity contribution in [2.75, 3.05) is 36.9 Å². The number of nitrogens with one attached hydrogen (secondary N) is 1. The normalized spacial score (nSPS) is 14.4. The molecule has 1 N–H and O–H groups in total. The highest BCUT2D eigenvalue weighted by molar-refractivity contribution is 7.89. The Balaban J connectivity index is 1.81. The third-order valence-corrected chi connectivity index (χ3v) is 7.20. The minimum absolute atomic E-state index is 0.113. The van der Waals surface area contributed by atoms with Gasteiger partial charge in [-0.1, -0.05) is 12.1 Å². The van der Waals surface area contributed by atoms with Crippen LogP contribution in [0.15, 0.2) is 41.3 Å². The number of nitro groups is 1. The molecule has 10 heteroatoms. The van der Waals surface area contributed by atoms with Gasteiger partial charge < -0.3 is 10.2 Å². The molecule has 0 bridgehead atoms. The second-order valence-corrected chi connectivity index (χ2v) is 9.68. The van der Waals surface area contributed by atoms with Crippen LogP contribution in [-0.4, -0.2) is 50.2 Å². The number of sulfonamides is 1. The quantitative estimate of drug-likeness (QED) is 0.517. The molecule has 0 aliphatic carbocycles. The Labute approximate surface area is 181 Å². The Morgan fingerprint density at radius 1 is 1.16 bits per heavy atom. The molecule has 1 amide bonds. The maximum absolute atomic E-state index is 12.8. The van der Waals surface area contributed by atoms with Crippen LogP contribution >= 0.6 is 0 Å². The van der Waals surface area contributed by atoms with E-state index in [-0.39, 0.29) is 28.7 Å². The van der Waals surface area contributed by atoms with Crippen LogP contribution in [0, 0.1) is 24.0 Å². The second-order valence-electron chi connectivity index (χ2n) is 7.74. The van der Waals surface area contributed by atoms with E-state index in [2.05, 4.69) is 5.32 Å². The standard InChI is InChI=1S/C21H26N4O5S/c1-15-6-7-16(2)18(12-15)22-21(26)14-23(3)19-9-8-17(13-20(19)25(27)28)31(29,30)24-10-4-5-11-24/h6-9,12-13H,4-5,10-11,14H2,1-3H3,(H,22,26). The number of aryl methyl sites for hydroxylation is 2. The monoisotopic (exact) mass is 446 g/mol. The molecule has 0 aromatic heterocycles. The van der Waals surface area contributed by atoms with Crippen molar-refractivity contribution in [2.24, 2.45) is 0 Å². The zero-order valence-electron chi connectivity index (χ0n) is 17.8. The largest absolute Gasteiger partial charge is 0.360 e. The van der Waals surface area contributed by atoms with Gasteiger partial charge in [-0.15, -0.1) is 0 Å². The molecule has 9 nitrogen and oxygen atoms in total. The van der Waals surface area contributed by atoms with E-state index in [1.165, 1.54) is 21.3 Å². The maximum Gasteiger partial charge on any atom is 0.293 e. The van der Waals surface area contributed by atoms with Gasteiger partial charge in [0.1, 0.15) is 5.69 Å². The van der Waals surface area contributed by atoms with Gasteiger partial charge in [-0.3, -0.25) is 14.9 Å². The molecule has 166 valence electrons. The van der Waals surface area contributed by atoms with E-state index >= 15 is 0 Å². The summed E-state index contributed by atoms with van der Waals surface area (Å²) in [5.41, 5.74) is 2.40. The molecule has 3 rings (SSSR count). The molecule has 2 aromatic rings. The maximum atomic E-state index is 12.8. The molecular weight excluding hydrogens is 420 g/mol. The summed E-state index contributed by atoms with van der Waals surface area (Å²) in [6, 6.07) is 9.51. The van der Waals surface area contributed by atoms with Crippen molar-refractivity contribution < 1.29 is 18.1 Å². The van der Waals surface area contributed by atoms with Crippen LogP contribution in [0.4, 0.5) is 17.1 Å². The summed E-state index contributed by atoms with van der Waals surface area (Å²) in [5.74, 6) is -0.334. The lowest BCUT2D eigenvalue weighted by Gasteiger charge is -2.20. The lowest BCUT2D eigenvalue weighted by Crippen LogP contribution is -2.31. The molecule has 2 aromatic carbocycles. The average molecular weight is 447 g/mol. The fraction of sp³-hybridized carbons (Fsp3) is 0.381. The van der Waals surface area contributed by atoms with Gasteiger partial charge in [0, 0.05) is 31.9 Å². The number of carbonyl (C=O) groups is 1. The molecule has 31 heavy (non-hydrogen) atoms. The van der Waals surface area contributed by atoms with Crippen LogP contribution in [0.5, 0.6) is 0 Å². The lowest BCUT2D eigenvalue weighted by molar-refractivity contribution is -0.384. The van der Waals surface area contributed by atoms with Crippen molar-refractivity contribution in [1.29, 1.82) is 0 Å². The first-order valence-corrected chi connectivity index (χ1v) is 11.4. The van der Waals surface area contributed by atoms with Crippen LogP contribution in [-0.2, 0) is 14.8 Å². The van der Waals surface area contributed by atoms with Gasteiger partial charge in [0.25, 0.3) is 5.69 Å². The van der Waals surface area contributed by atoms with Gasteiger partial charge in [-0.05, 0) is 56.0 Å². The zero-order valence-corrected chi connectivity index (χ0v) is 18.6. The van der Waals surface area contributed by atoms with Crippen molar-refractivity contribution in [2.45, 2.75) is 31.6 Å². The van der Waals surface area contributed by atoms with E-state index < -0.39 is 14.9 Å². The van der Waals surface area contributed by atoms with E-state index in [9.17, 15) is 23.3 Å². The fourth-order valence-corrected chi connectivity index (χ4v) is 5.11. The first-order chi connectivity index (χ1) is 14.6. The van der Waals surface area contributed by atoms with Crippen LogP contribution in [0.25, 0.3) is 0 Å². The number of anilines is 2. The molecule has 0 unspecified atom stereocenters. The van der Waals surface area contributed by atoms with Gasteiger partial charge >= 0.3 is 0 Å². The molecule has 1 aliphatic heterocycles. The highest BCUT2D eigenvalue weighted by Gasteiger charge is 2.30. The van der Waals surface area contributed by atoms with Crippen molar-refractivity contribution in [3.8, 4) is 0 Å². The van der Waals surface area contributed by atoms with Crippen LogP contribution < -0.4 is 10.2 Å². The summed E-state index contributed by atoms with van der Waals surface area (Å²) >= 11 is 0. The SMILES string of the molecule is Cc1ccc(C)c(NC(=O)CN(C)c2ccc(S(=O)(=O)N3CCCC3)cc2[N+](=O)[O-])c1. The fourth-order valence-electron chi connectivity index (χ4n) is 3.57. The van der Waals surface area contributed by atoms with E-state index in [0.29, 0.717) is 18.8 Å². The Kier molecular flexibility index (Phi) is 6.61. The molecule has 0 saturated carbocycles. The predicted molar refractivity (Wildman–Crippen MR) is 119 cm³/mol. The van der Waals surface area contributed by atoms with E-state index in [4.69, 9.17) is 0 Å². The topological polar surface area (TPSA) is 113 Å². The highest BCUT2D eigenvalue weighted by atomic mass is 32.2. The summed E-state index contributed by atoms with van der Waals surface area (Å²) < 4.78 is 26.9. The zero-order chi connectivity index (χ0) is 22.8. The third kappa shape index (κ3) is 5.02. The predicted octanol–water partition coefficient (Wildman–Crippen LogP) is 3.07. The molecule has 1 heterocycles. The second kappa shape index (κ2) is 9.03. The number of nitrogens with zero attached hydrogens (tertiary/aromatic N) is 3. The van der Waals surface area contributed by atoms with Crippen molar-refractivity contribution in [3.63, 3.8) is 0 Å². The van der Waals surface area contributed by atoms with Crippen molar-refractivity contribution in [1.82, 2.24) is 4.31 Å². The number of hydrogen-bond donors (Lipinski definition) is 1. The number of hydrogen-bond acceptors (Lipinski definition) is 6. The molecule has 0 radical (unpaired) electrons.